The van der Waals surface area contributed by atoms with Crippen molar-refractivity contribution >= 4 is 17.0 Å². The Bertz CT molecular complexity index is 1010. The van der Waals surface area contributed by atoms with Crippen LogP contribution in [0.5, 0.6) is 0 Å². The average molecular weight is 349 g/mol. The highest BCUT2D eigenvalue weighted by Crippen LogP contribution is 2.31. The minimum Gasteiger partial charge on any atom is -0.457 e. The largest absolute Gasteiger partial charge is 0.457 e. The van der Waals surface area contributed by atoms with Crippen LogP contribution in [0.4, 0.5) is 0 Å². The fraction of sp³-hybridized carbons (Fsp3) is 0. The van der Waals surface area contributed by atoms with E-state index in [1.165, 1.54) is 0 Å². The summed E-state index contributed by atoms with van der Waals surface area (Å²) in [4.78, 5) is 0. The molecule has 4 rings (SSSR count). The Balaban J connectivity index is 1.71. The minimum absolute atomic E-state index is 0.509. The molecule has 0 bridgehead atoms. The van der Waals surface area contributed by atoms with Gasteiger partial charge in [0.05, 0.1) is 5.71 Å². The molecule has 0 radical (unpaired) electrons. The predicted octanol–water partition coefficient (Wildman–Crippen LogP) is 6.10. The second-order valence-corrected chi connectivity index (χ2v) is 6.30. The summed E-state index contributed by atoms with van der Waals surface area (Å²) in [6, 6.07) is 20.4. The van der Waals surface area contributed by atoms with E-state index in [1.54, 1.807) is 12.2 Å². The van der Waals surface area contributed by atoms with Crippen molar-refractivity contribution in [3.63, 3.8) is 0 Å². The quantitative estimate of drug-likeness (QED) is 0.714. The van der Waals surface area contributed by atoms with E-state index in [2.05, 4.69) is 24.3 Å². The zero-order chi connectivity index (χ0) is 18.5. The second-order valence-electron chi connectivity index (χ2n) is 6.30. The Morgan fingerprint density at radius 2 is 1.30 bits per heavy atom. The second kappa shape index (κ2) is 7.71. The molecular weight excluding hydrogens is 330 g/mol. The Kier molecular flexibility index (Phi) is 4.80. The van der Waals surface area contributed by atoms with Gasteiger partial charge in [0.1, 0.15) is 11.5 Å². The lowest BCUT2D eigenvalue weighted by molar-refractivity contribution is 0.398. The molecule has 2 aliphatic rings. The molecule has 2 aromatic carbocycles. The van der Waals surface area contributed by atoms with Gasteiger partial charge in [-0.3, -0.25) is 0 Å². The van der Waals surface area contributed by atoms with Crippen molar-refractivity contribution in [2.45, 2.75) is 0 Å². The molecular formula is C25H19NO. The van der Waals surface area contributed by atoms with Gasteiger partial charge in [0.2, 0.25) is 0 Å². The smallest absolute Gasteiger partial charge is 0.135 e. The Morgan fingerprint density at radius 3 is 1.96 bits per heavy atom. The van der Waals surface area contributed by atoms with Crippen LogP contribution in [-0.4, -0.2) is 5.71 Å². The van der Waals surface area contributed by atoms with Gasteiger partial charge in [-0.1, -0.05) is 78.9 Å². The first-order valence-corrected chi connectivity index (χ1v) is 8.87. The maximum atomic E-state index is 7.59. The first-order valence-electron chi connectivity index (χ1n) is 8.87. The molecule has 0 fully saturated rings. The summed E-state index contributed by atoms with van der Waals surface area (Å²) in [6.07, 6.45) is 15.5. The first-order chi connectivity index (χ1) is 13.3. The zero-order valence-electron chi connectivity index (χ0n) is 14.8. The summed E-state index contributed by atoms with van der Waals surface area (Å²) in [5, 5.41) is 7.59. The van der Waals surface area contributed by atoms with Crippen LogP contribution < -0.4 is 0 Å². The van der Waals surface area contributed by atoms with Crippen molar-refractivity contribution in [3.05, 3.63) is 132 Å². The maximum Gasteiger partial charge on any atom is 0.135 e. The lowest BCUT2D eigenvalue weighted by atomic mass is 10.0. The Morgan fingerprint density at radius 1 is 0.667 bits per heavy atom. The fourth-order valence-electron chi connectivity index (χ4n) is 2.92. The summed E-state index contributed by atoms with van der Waals surface area (Å²) >= 11 is 0. The monoisotopic (exact) mass is 349 g/mol. The van der Waals surface area contributed by atoms with Crippen LogP contribution in [0.3, 0.4) is 0 Å². The van der Waals surface area contributed by atoms with E-state index >= 15 is 0 Å². The van der Waals surface area contributed by atoms with Gasteiger partial charge in [-0.25, -0.2) is 0 Å². The molecule has 1 N–H and O–H groups in total. The fourth-order valence-corrected chi connectivity index (χ4v) is 2.92. The van der Waals surface area contributed by atoms with Crippen LogP contribution >= 0.6 is 0 Å². The molecule has 2 heteroatoms. The highest BCUT2D eigenvalue weighted by Gasteiger charge is 2.13. The average Bonchev–Trinajstić information content (AvgIpc) is 2.74. The number of benzene rings is 2. The van der Waals surface area contributed by atoms with Gasteiger partial charge in [0.25, 0.3) is 0 Å². The number of hydrogen-bond donors (Lipinski definition) is 1. The number of ether oxygens (including phenoxy) is 1. The number of rotatable bonds is 3. The van der Waals surface area contributed by atoms with Crippen LogP contribution in [0.25, 0.3) is 11.3 Å². The van der Waals surface area contributed by atoms with Crippen molar-refractivity contribution in [2.75, 3.05) is 0 Å². The van der Waals surface area contributed by atoms with E-state index in [1.807, 2.05) is 72.8 Å². The maximum absolute atomic E-state index is 7.59. The van der Waals surface area contributed by atoms with E-state index in [4.69, 9.17) is 10.1 Å². The van der Waals surface area contributed by atoms with E-state index in [9.17, 15) is 0 Å². The van der Waals surface area contributed by atoms with Crippen molar-refractivity contribution in [3.8, 4) is 0 Å². The number of hydrogen-bond acceptors (Lipinski definition) is 2. The van der Waals surface area contributed by atoms with E-state index in [-0.39, 0.29) is 0 Å². The molecule has 27 heavy (non-hydrogen) atoms. The molecule has 0 atom stereocenters. The number of nitrogens with one attached hydrogen (secondary N) is 1. The van der Waals surface area contributed by atoms with Gasteiger partial charge in [0.15, 0.2) is 0 Å². The van der Waals surface area contributed by atoms with Gasteiger partial charge in [-0.15, -0.1) is 0 Å². The van der Waals surface area contributed by atoms with Gasteiger partial charge in [0, 0.05) is 5.56 Å². The summed E-state index contributed by atoms with van der Waals surface area (Å²) in [7, 11) is 0. The lowest BCUT2D eigenvalue weighted by Crippen LogP contribution is -1.99. The molecule has 0 saturated heterocycles. The lowest BCUT2D eigenvalue weighted by Gasteiger charge is -2.18. The summed E-state index contributed by atoms with van der Waals surface area (Å²) in [5.41, 5.74) is 4.85. The molecule has 0 aromatic heterocycles. The minimum atomic E-state index is 0.509. The SMILES string of the molecule is N=C1C=CC(=C/C=C2\C=C(c3ccccc3)C=C(c3ccccc3)O2)C=C1. The van der Waals surface area contributed by atoms with Crippen LogP contribution in [0.15, 0.2) is 121 Å². The van der Waals surface area contributed by atoms with Crippen molar-refractivity contribution in [1.82, 2.24) is 0 Å². The molecule has 0 saturated carbocycles. The molecule has 130 valence electrons. The van der Waals surface area contributed by atoms with E-state index < -0.39 is 0 Å². The molecule has 0 amide bonds. The van der Waals surface area contributed by atoms with Gasteiger partial charge in [-0.2, -0.15) is 0 Å². The van der Waals surface area contributed by atoms with E-state index in [0.29, 0.717) is 5.71 Å². The highest BCUT2D eigenvalue weighted by atomic mass is 16.5. The van der Waals surface area contributed by atoms with Crippen molar-refractivity contribution in [2.24, 2.45) is 0 Å². The molecule has 1 aliphatic heterocycles. The van der Waals surface area contributed by atoms with Crippen molar-refractivity contribution < 1.29 is 4.74 Å². The molecule has 0 unspecified atom stereocenters. The summed E-state index contributed by atoms with van der Waals surface area (Å²) in [6.45, 7) is 0. The molecule has 2 aromatic rings. The Labute approximate surface area is 159 Å². The normalized spacial score (nSPS) is 17.4. The summed E-state index contributed by atoms with van der Waals surface area (Å²) in [5.74, 6) is 1.61. The molecule has 0 spiro atoms. The van der Waals surface area contributed by atoms with Crippen LogP contribution in [0, 0.1) is 5.41 Å². The zero-order valence-corrected chi connectivity index (χ0v) is 14.8. The third-order valence-corrected chi connectivity index (χ3v) is 4.33. The third-order valence-electron chi connectivity index (χ3n) is 4.33. The predicted molar refractivity (Wildman–Crippen MR) is 112 cm³/mol. The van der Waals surface area contributed by atoms with Crippen LogP contribution in [-0.2, 0) is 4.74 Å². The Hall–Kier alpha value is -3.65. The van der Waals surface area contributed by atoms with Gasteiger partial charge < -0.3 is 10.1 Å². The molecule has 2 nitrogen and oxygen atoms in total. The first kappa shape index (κ1) is 16.8. The van der Waals surface area contributed by atoms with Crippen LogP contribution in [0.1, 0.15) is 11.1 Å². The van der Waals surface area contributed by atoms with Crippen molar-refractivity contribution in [1.29, 1.82) is 5.41 Å². The number of allylic oxidation sites excluding steroid dienone is 10. The molecule has 1 heterocycles. The third kappa shape index (κ3) is 4.13. The topological polar surface area (TPSA) is 33.1 Å². The van der Waals surface area contributed by atoms with Gasteiger partial charge >= 0.3 is 0 Å². The van der Waals surface area contributed by atoms with E-state index in [0.717, 1.165) is 33.8 Å². The summed E-state index contributed by atoms with van der Waals surface area (Å²) < 4.78 is 6.15. The van der Waals surface area contributed by atoms with Crippen LogP contribution in [0.2, 0.25) is 0 Å². The highest BCUT2D eigenvalue weighted by molar-refractivity contribution is 6.03. The van der Waals surface area contributed by atoms with Gasteiger partial charge in [-0.05, 0) is 47.1 Å². The standard InChI is InChI=1S/C25H19NO/c26-23-14-11-19(12-15-23)13-16-24-17-22(20-7-3-1-4-8-20)18-25(27-24)21-9-5-2-6-10-21/h1-18,26H/b19-13?,24-16+,26-23?. The molecule has 1 aliphatic carbocycles.